The predicted molar refractivity (Wildman–Crippen MR) is 349 cm³/mol. The number of allylic oxidation sites excluding steroid dienone is 4. The van der Waals surface area contributed by atoms with Crippen LogP contribution in [0.1, 0.15) is 412 Å². The number of rotatable bonds is 68. The molecule has 0 radical (unpaired) electrons. The number of ether oxygens (including phenoxy) is 3. The zero-order valence-electron chi connectivity index (χ0n) is 54.4. The van der Waals surface area contributed by atoms with Gasteiger partial charge in [0.1, 0.15) is 13.2 Å². The van der Waals surface area contributed by atoms with Crippen LogP contribution in [-0.4, -0.2) is 37.2 Å². The first-order chi connectivity index (χ1) is 39.5. The summed E-state index contributed by atoms with van der Waals surface area (Å²) in [5.74, 6) is -0.836. The summed E-state index contributed by atoms with van der Waals surface area (Å²) < 4.78 is 17.0. The van der Waals surface area contributed by atoms with Crippen LogP contribution in [0.25, 0.3) is 0 Å². The Bertz CT molecular complexity index is 1290. The first kappa shape index (κ1) is 77.9. The number of carbonyl (C=O) groups is 3. The van der Waals surface area contributed by atoms with E-state index in [1.165, 1.54) is 308 Å². The molecule has 1 atom stereocenters. The standard InChI is InChI=1S/C74H140O6/c1-4-7-10-13-16-19-22-25-28-30-32-34-35-36-37-38-39-41-42-44-46-49-52-55-58-61-64-67-73(76)79-70-71(69-78-72(75)66-63-60-57-54-51-48-27-24-21-18-15-12-9-6-3)80-74(77)68-65-62-59-56-53-50-47-45-43-40-33-31-29-26-23-20-17-14-11-8-5-2/h23,26,31,33,71H,4-22,24-25,27-30,32,34-70H2,1-3H3/b26-23-,33-31-. The van der Waals surface area contributed by atoms with Crippen LogP contribution in [0.2, 0.25) is 0 Å². The molecular weight excluding hydrogens is 985 g/mol. The van der Waals surface area contributed by atoms with E-state index in [2.05, 4.69) is 45.1 Å². The van der Waals surface area contributed by atoms with Crippen molar-refractivity contribution in [3.8, 4) is 0 Å². The van der Waals surface area contributed by atoms with Gasteiger partial charge in [-0.15, -0.1) is 0 Å². The maximum Gasteiger partial charge on any atom is 0.306 e. The minimum absolute atomic E-state index is 0.0663. The molecule has 0 spiro atoms. The summed E-state index contributed by atoms with van der Waals surface area (Å²) in [6.45, 7) is 6.71. The third-order valence-electron chi connectivity index (χ3n) is 16.7. The minimum Gasteiger partial charge on any atom is -0.462 e. The van der Waals surface area contributed by atoms with E-state index in [1.807, 2.05) is 0 Å². The van der Waals surface area contributed by atoms with Gasteiger partial charge in [0.2, 0.25) is 0 Å². The molecule has 1 unspecified atom stereocenters. The Morgan fingerprint density at radius 3 is 0.688 bits per heavy atom. The molecule has 80 heavy (non-hydrogen) atoms. The van der Waals surface area contributed by atoms with E-state index in [0.29, 0.717) is 19.3 Å². The van der Waals surface area contributed by atoms with Crippen LogP contribution >= 0.6 is 0 Å². The average Bonchev–Trinajstić information content (AvgIpc) is 3.46. The Kier molecular flexibility index (Phi) is 67.6. The summed E-state index contributed by atoms with van der Waals surface area (Å²) in [7, 11) is 0. The van der Waals surface area contributed by atoms with Gasteiger partial charge in [0.05, 0.1) is 0 Å². The van der Waals surface area contributed by atoms with Gasteiger partial charge in [0.25, 0.3) is 0 Å². The van der Waals surface area contributed by atoms with Gasteiger partial charge in [-0.1, -0.05) is 366 Å². The number of hydrogen-bond acceptors (Lipinski definition) is 6. The van der Waals surface area contributed by atoms with Gasteiger partial charge in [-0.2, -0.15) is 0 Å². The second-order valence-electron chi connectivity index (χ2n) is 24.9. The van der Waals surface area contributed by atoms with E-state index >= 15 is 0 Å². The maximum atomic E-state index is 13.0. The molecule has 0 aliphatic carbocycles. The summed E-state index contributed by atoms with van der Waals surface area (Å²) in [4.78, 5) is 38.5. The molecule has 472 valence electrons. The molecule has 0 aromatic carbocycles. The van der Waals surface area contributed by atoms with Gasteiger partial charge in [-0.05, 0) is 51.4 Å². The third-order valence-corrected chi connectivity index (χ3v) is 16.7. The monoisotopic (exact) mass is 1130 g/mol. The lowest BCUT2D eigenvalue weighted by Crippen LogP contribution is -2.30. The van der Waals surface area contributed by atoms with Crippen molar-refractivity contribution >= 4 is 17.9 Å². The van der Waals surface area contributed by atoms with Crippen LogP contribution in [0.5, 0.6) is 0 Å². The molecule has 0 aromatic heterocycles. The summed E-state index contributed by atoms with van der Waals surface area (Å²) in [5, 5.41) is 0. The van der Waals surface area contributed by atoms with E-state index < -0.39 is 6.10 Å². The predicted octanol–water partition coefficient (Wildman–Crippen LogP) is 25.0. The lowest BCUT2D eigenvalue weighted by Gasteiger charge is -2.18. The molecule has 0 fully saturated rings. The summed E-state index contributed by atoms with van der Waals surface area (Å²) in [5.41, 5.74) is 0. The number of unbranched alkanes of at least 4 members (excludes halogenated alkanes) is 53. The van der Waals surface area contributed by atoms with E-state index in [0.717, 1.165) is 64.2 Å². The van der Waals surface area contributed by atoms with Crippen LogP contribution in [0.15, 0.2) is 24.3 Å². The highest BCUT2D eigenvalue weighted by Crippen LogP contribution is 2.19. The van der Waals surface area contributed by atoms with Crippen molar-refractivity contribution in [2.45, 2.75) is 419 Å². The molecule has 0 N–H and O–H groups in total. The van der Waals surface area contributed by atoms with Crippen molar-refractivity contribution in [1.82, 2.24) is 0 Å². The Hall–Kier alpha value is -2.11. The van der Waals surface area contributed by atoms with Gasteiger partial charge in [0.15, 0.2) is 6.10 Å². The fraction of sp³-hybridized carbons (Fsp3) is 0.905. The Balaban J connectivity index is 4.21. The molecule has 6 nitrogen and oxygen atoms in total. The lowest BCUT2D eigenvalue weighted by molar-refractivity contribution is -0.167. The molecule has 0 aromatic rings. The molecule has 0 aliphatic heterocycles. The number of carbonyl (C=O) groups excluding carboxylic acids is 3. The van der Waals surface area contributed by atoms with E-state index in [9.17, 15) is 14.4 Å². The Morgan fingerprint density at radius 2 is 0.450 bits per heavy atom. The number of hydrogen-bond donors (Lipinski definition) is 0. The SMILES string of the molecule is CCCCCCC/C=C\C/C=C\CCCCCCCCCCCC(=O)OC(COC(=O)CCCCCCCCCCCCCCCC)COC(=O)CCCCCCCCCCCCCCCCCCCCCCCCCCCCC. The highest BCUT2D eigenvalue weighted by Gasteiger charge is 2.19. The van der Waals surface area contributed by atoms with Crippen molar-refractivity contribution in [2.75, 3.05) is 13.2 Å². The topological polar surface area (TPSA) is 78.9 Å². The van der Waals surface area contributed by atoms with E-state index in [4.69, 9.17) is 14.2 Å². The van der Waals surface area contributed by atoms with Gasteiger partial charge >= 0.3 is 17.9 Å². The second-order valence-corrected chi connectivity index (χ2v) is 24.9. The van der Waals surface area contributed by atoms with Crippen LogP contribution < -0.4 is 0 Å². The quantitative estimate of drug-likeness (QED) is 0.0261. The highest BCUT2D eigenvalue weighted by molar-refractivity contribution is 5.71. The molecule has 0 bridgehead atoms. The Morgan fingerprint density at radius 1 is 0.250 bits per heavy atom. The minimum atomic E-state index is -0.771. The fourth-order valence-corrected chi connectivity index (χ4v) is 11.2. The van der Waals surface area contributed by atoms with E-state index in [1.54, 1.807) is 0 Å². The van der Waals surface area contributed by atoms with Crippen molar-refractivity contribution < 1.29 is 28.6 Å². The maximum absolute atomic E-state index is 13.0. The zero-order valence-corrected chi connectivity index (χ0v) is 54.4. The molecule has 6 heteroatoms. The largest absolute Gasteiger partial charge is 0.462 e. The number of esters is 3. The molecular formula is C74H140O6. The fourth-order valence-electron chi connectivity index (χ4n) is 11.2. The molecule has 0 heterocycles. The zero-order chi connectivity index (χ0) is 57.8. The molecule has 0 aliphatic rings. The van der Waals surface area contributed by atoms with Gasteiger partial charge in [0, 0.05) is 19.3 Å². The first-order valence-electron chi connectivity index (χ1n) is 36.3. The van der Waals surface area contributed by atoms with Gasteiger partial charge in [-0.25, -0.2) is 0 Å². The average molecular weight is 1130 g/mol. The van der Waals surface area contributed by atoms with Crippen molar-refractivity contribution in [2.24, 2.45) is 0 Å². The summed E-state index contributed by atoms with van der Waals surface area (Å²) in [6, 6.07) is 0. The van der Waals surface area contributed by atoms with E-state index in [-0.39, 0.29) is 31.1 Å². The molecule has 0 amide bonds. The van der Waals surface area contributed by atoms with Crippen LogP contribution in [0.4, 0.5) is 0 Å². The van der Waals surface area contributed by atoms with Crippen LogP contribution in [0.3, 0.4) is 0 Å². The lowest BCUT2D eigenvalue weighted by atomic mass is 10.0. The first-order valence-corrected chi connectivity index (χ1v) is 36.3. The normalized spacial score (nSPS) is 12.1. The van der Waals surface area contributed by atoms with Gasteiger partial charge < -0.3 is 14.2 Å². The van der Waals surface area contributed by atoms with Gasteiger partial charge in [-0.3, -0.25) is 14.4 Å². The molecule has 0 saturated heterocycles. The van der Waals surface area contributed by atoms with Crippen molar-refractivity contribution in [3.05, 3.63) is 24.3 Å². The second kappa shape index (κ2) is 69.4. The third kappa shape index (κ3) is 66.7. The van der Waals surface area contributed by atoms with Crippen molar-refractivity contribution in [1.29, 1.82) is 0 Å². The Labute approximate surface area is 500 Å². The van der Waals surface area contributed by atoms with Crippen molar-refractivity contribution in [3.63, 3.8) is 0 Å². The summed E-state index contributed by atoms with van der Waals surface area (Å²) in [6.07, 6.45) is 85.0. The van der Waals surface area contributed by atoms with Crippen LogP contribution in [-0.2, 0) is 28.6 Å². The smallest absolute Gasteiger partial charge is 0.306 e. The highest BCUT2D eigenvalue weighted by atomic mass is 16.6. The summed E-state index contributed by atoms with van der Waals surface area (Å²) >= 11 is 0. The van der Waals surface area contributed by atoms with Crippen LogP contribution in [0, 0.1) is 0 Å². The molecule has 0 saturated carbocycles. The molecule has 0 rings (SSSR count).